The summed E-state index contributed by atoms with van der Waals surface area (Å²) in [6.07, 6.45) is 1.63. The number of rotatable bonds is 7. The fraction of sp³-hybridized carbons (Fsp3) is 0.348. The van der Waals surface area contributed by atoms with Crippen molar-refractivity contribution in [2.24, 2.45) is 0 Å². The number of amides is 1. The number of hydrogen-bond donors (Lipinski definition) is 1. The van der Waals surface area contributed by atoms with Crippen molar-refractivity contribution in [1.29, 1.82) is 0 Å². The maximum absolute atomic E-state index is 12.9. The third-order valence-electron chi connectivity index (χ3n) is 5.38. The van der Waals surface area contributed by atoms with Crippen LogP contribution >= 0.6 is 0 Å². The lowest BCUT2D eigenvalue weighted by molar-refractivity contribution is -0.140. The lowest BCUT2D eigenvalue weighted by atomic mass is 9.98. The number of Topliss-reactive ketones (excluding diaryl/α,β-unsaturated/α-hetero) is 1. The Hall–Kier alpha value is -2.99. The van der Waals surface area contributed by atoms with Gasteiger partial charge in [-0.1, -0.05) is 49.7 Å². The molecule has 0 saturated carbocycles. The summed E-state index contributed by atoms with van der Waals surface area (Å²) in [6.45, 7) is 8.82. The lowest BCUT2D eigenvalue weighted by Gasteiger charge is -2.27. The molecule has 1 aromatic heterocycles. The number of pyridine rings is 1. The van der Waals surface area contributed by atoms with Gasteiger partial charge < -0.3 is 14.9 Å². The highest BCUT2D eigenvalue weighted by molar-refractivity contribution is 6.46. The predicted octanol–water partition coefficient (Wildman–Crippen LogP) is 3.15. The molecule has 2 aromatic rings. The summed E-state index contributed by atoms with van der Waals surface area (Å²) in [5, 5.41) is 11.0. The smallest absolute Gasteiger partial charge is 0.295 e. The van der Waals surface area contributed by atoms with Gasteiger partial charge in [0.15, 0.2) is 0 Å². The van der Waals surface area contributed by atoms with Crippen LogP contribution in [0.5, 0.6) is 0 Å². The standard InChI is InChI=1S/C23H27N3O3/c1-4-25(5-2)14-15-26-20(18-8-6-7-13-24-18)19(22(28)23(26)29)21(27)17-11-9-16(3)10-12-17/h6-13,20,27H,4-5,14-15H2,1-3H3/t20-/m1/s1. The van der Waals surface area contributed by atoms with Gasteiger partial charge >= 0.3 is 0 Å². The highest BCUT2D eigenvalue weighted by Gasteiger charge is 2.46. The van der Waals surface area contributed by atoms with Crippen LogP contribution in [0.15, 0.2) is 54.2 Å². The summed E-state index contributed by atoms with van der Waals surface area (Å²) in [4.78, 5) is 33.9. The van der Waals surface area contributed by atoms with E-state index in [1.165, 1.54) is 4.90 Å². The fourth-order valence-corrected chi connectivity index (χ4v) is 3.61. The van der Waals surface area contributed by atoms with Crippen LogP contribution in [0.1, 0.15) is 36.7 Å². The number of benzene rings is 1. The summed E-state index contributed by atoms with van der Waals surface area (Å²) in [6, 6.07) is 11.9. The number of ketones is 1. The number of likely N-dealkylation sites (N-methyl/N-ethyl adjacent to an activating group) is 1. The van der Waals surface area contributed by atoms with Gasteiger partial charge in [0.2, 0.25) is 0 Å². The maximum Gasteiger partial charge on any atom is 0.295 e. The van der Waals surface area contributed by atoms with Crippen LogP contribution in [0.4, 0.5) is 0 Å². The second kappa shape index (κ2) is 9.01. The molecule has 3 rings (SSSR count). The van der Waals surface area contributed by atoms with Crippen molar-refractivity contribution in [3.05, 3.63) is 71.1 Å². The largest absolute Gasteiger partial charge is 0.507 e. The Morgan fingerprint density at radius 2 is 1.79 bits per heavy atom. The Labute approximate surface area is 171 Å². The summed E-state index contributed by atoms with van der Waals surface area (Å²) >= 11 is 0. The molecule has 1 aromatic carbocycles. The molecule has 2 heterocycles. The minimum Gasteiger partial charge on any atom is -0.507 e. The van der Waals surface area contributed by atoms with E-state index in [1.54, 1.807) is 30.5 Å². The third-order valence-corrected chi connectivity index (χ3v) is 5.38. The Bertz CT molecular complexity index is 903. The molecule has 6 heteroatoms. The topological polar surface area (TPSA) is 73.7 Å². The van der Waals surface area contributed by atoms with Crippen molar-refractivity contribution in [3.63, 3.8) is 0 Å². The van der Waals surface area contributed by atoms with E-state index < -0.39 is 17.7 Å². The zero-order valence-corrected chi connectivity index (χ0v) is 17.1. The zero-order valence-electron chi connectivity index (χ0n) is 17.1. The molecule has 1 aliphatic rings. The molecule has 1 atom stereocenters. The summed E-state index contributed by atoms with van der Waals surface area (Å²) in [5.41, 5.74) is 2.22. The van der Waals surface area contributed by atoms with Crippen molar-refractivity contribution in [2.45, 2.75) is 26.8 Å². The third kappa shape index (κ3) is 4.22. The molecule has 1 amide bonds. The second-order valence-corrected chi connectivity index (χ2v) is 7.14. The molecule has 6 nitrogen and oxygen atoms in total. The normalized spacial score (nSPS) is 18.6. The molecule has 1 N–H and O–H groups in total. The Morgan fingerprint density at radius 3 is 2.38 bits per heavy atom. The van der Waals surface area contributed by atoms with Crippen LogP contribution < -0.4 is 0 Å². The van der Waals surface area contributed by atoms with Gasteiger partial charge in [-0.2, -0.15) is 0 Å². The number of aliphatic hydroxyl groups is 1. The van der Waals surface area contributed by atoms with Crippen LogP contribution in [0, 0.1) is 6.92 Å². The van der Waals surface area contributed by atoms with Gasteiger partial charge in [-0.15, -0.1) is 0 Å². The summed E-state index contributed by atoms with van der Waals surface area (Å²) in [7, 11) is 0. The van der Waals surface area contributed by atoms with E-state index in [0.29, 0.717) is 24.3 Å². The van der Waals surface area contributed by atoms with Gasteiger partial charge in [0.25, 0.3) is 11.7 Å². The number of hydrogen-bond acceptors (Lipinski definition) is 5. The van der Waals surface area contributed by atoms with E-state index in [-0.39, 0.29) is 11.3 Å². The summed E-state index contributed by atoms with van der Waals surface area (Å²) < 4.78 is 0. The van der Waals surface area contributed by atoms with Crippen LogP contribution in [0.3, 0.4) is 0 Å². The molecular formula is C23H27N3O3. The Balaban J connectivity index is 2.06. The first-order chi connectivity index (χ1) is 14.0. The molecule has 1 fully saturated rings. The van der Waals surface area contributed by atoms with Crippen molar-refractivity contribution in [2.75, 3.05) is 26.2 Å². The van der Waals surface area contributed by atoms with E-state index in [2.05, 4.69) is 23.7 Å². The highest BCUT2D eigenvalue weighted by Crippen LogP contribution is 2.38. The van der Waals surface area contributed by atoms with Gasteiger partial charge in [0.05, 0.1) is 11.3 Å². The molecule has 0 radical (unpaired) electrons. The van der Waals surface area contributed by atoms with Gasteiger partial charge in [0, 0.05) is 24.8 Å². The average Bonchev–Trinajstić information content (AvgIpc) is 3.00. The number of carbonyl (C=O) groups excluding carboxylic acids is 2. The molecule has 0 aliphatic carbocycles. The van der Waals surface area contributed by atoms with Gasteiger partial charge in [0.1, 0.15) is 11.8 Å². The second-order valence-electron chi connectivity index (χ2n) is 7.14. The van der Waals surface area contributed by atoms with Crippen LogP contribution in [-0.2, 0) is 9.59 Å². The first-order valence-electron chi connectivity index (χ1n) is 9.96. The van der Waals surface area contributed by atoms with Gasteiger partial charge in [-0.3, -0.25) is 14.6 Å². The quantitative estimate of drug-likeness (QED) is 0.444. The SMILES string of the molecule is CCN(CC)CCN1C(=O)C(=O)C(=C(O)c2ccc(C)cc2)[C@H]1c1ccccn1. The van der Waals surface area contributed by atoms with E-state index >= 15 is 0 Å². The molecular weight excluding hydrogens is 366 g/mol. The minimum atomic E-state index is -0.701. The number of likely N-dealkylation sites (tertiary alicyclic amines) is 1. The zero-order chi connectivity index (χ0) is 21.0. The van der Waals surface area contributed by atoms with Gasteiger partial charge in [-0.05, 0) is 32.1 Å². The van der Waals surface area contributed by atoms with E-state index in [1.807, 2.05) is 25.1 Å². The molecule has 29 heavy (non-hydrogen) atoms. The van der Waals surface area contributed by atoms with Crippen molar-refractivity contribution >= 4 is 17.4 Å². The first-order valence-corrected chi connectivity index (χ1v) is 9.96. The van der Waals surface area contributed by atoms with Crippen LogP contribution in [0.25, 0.3) is 5.76 Å². The molecule has 0 unspecified atom stereocenters. The lowest BCUT2D eigenvalue weighted by Crippen LogP contribution is -2.38. The number of nitrogens with zero attached hydrogens (tertiary/aromatic N) is 3. The minimum absolute atomic E-state index is 0.0945. The summed E-state index contributed by atoms with van der Waals surface area (Å²) in [5.74, 6) is -1.43. The number of carbonyl (C=O) groups is 2. The van der Waals surface area contributed by atoms with E-state index in [0.717, 1.165) is 18.7 Å². The predicted molar refractivity (Wildman–Crippen MR) is 112 cm³/mol. The first kappa shape index (κ1) is 20.7. The monoisotopic (exact) mass is 393 g/mol. The van der Waals surface area contributed by atoms with Crippen molar-refractivity contribution < 1.29 is 14.7 Å². The average molecular weight is 393 g/mol. The molecule has 152 valence electrons. The van der Waals surface area contributed by atoms with Crippen molar-refractivity contribution in [3.8, 4) is 0 Å². The van der Waals surface area contributed by atoms with Gasteiger partial charge in [-0.25, -0.2) is 0 Å². The Kier molecular flexibility index (Phi) is 6.44. The number of aryl methyl sites for hydroxylation is 1. The highest BCUT2D eigenvalue weighted by atomic mass is 16.3. The fourth-order valence-electron chi connectivity index (χ4n) is 3.61. The molecule has 1 aliphatic heterocycles. The molecule has 1 saturated heterocycles. The molecule has 0 spiro atoms. The van der Waals surface area contributed by atoms with Crippen LogP contribution in [0.2, 0.25) is 0 Å². The number of aliphatic hydroxyl groups excluding tert-OH is 1. The molecule has 0 bridgehead atoms. The maximum atomic E-state index is 12.9. The van der Waals surface area contributed by atoms with Crippen LogP contribution in [-0.4, -0.2) is 57.8 Å². The van der Waals surface area contributed by atoms with Crippen molar-refractivity contribution in [1.82, 2.24) is 14.8 Å². The Morgan fingerprint density at radius 1 is 1.10 bits per heavy atom. The number of aromatic nitrogens is 1. The van der Waals surface area contributed by atoms with E-state index in [9.17, 15) is 14.7 Å². The van der Waals surface area contributed by atoms with E-state index in [4.69, 9.17) is 0 Å².